The zero-order valence-corrected chi connectivity index (χ0v) is 10.1. The second-order valence-electron chi connectivity index (χ2n) is 4.30. The normalized spacial score (nSPS) is 11.3. The van der Waals surface area contributed by atoms with Crippen LogP contribution in [0.2, 0.25) is 0 Å². The summed E-state index contributed by atoms with van der Waals surface area (Å²) in [4.78, 5) is 22.7. The summed E-state index contributed by atoms with van der Waals surface area (Å²) >= 11 is 0. The minimum Gasteiger partial charge on any atom is -0.463 e. The van der Waals surface area contributed by atoms with Gasteiger partial charge in [0.1, 0.15) is 0 Å². The summed E-state index contributed by atoms with van der Waals surface area (Å²) < 4.78 is 9.85. The molecule has 0 aliphatic heterocycles. The molecule has 0 radical (unpaired) electrons. The van der Waals surface area contributed by atoms with Crippen LogP contribution in [-0.2, 0) is 19.1 Å². The molecule has 0 aromatic carbocycles. The first-order valence-electron chi connectivity index (χ1n) is 5.18. The van der Waals surface area contributed by atoms with Gasteiger partial charge in [0.15, 0.2) is 0 Å². The van der Waals surface area contributed by atoms with Crippen molar-refractivity contribution in [1.29, 1.82) is 0 Å². The first-order chi connectivity index (χ1) is 6.79. The lowest BCUT2D eigenvalue weighted by Gasteiger charge is -2.23. The van der Waals surface area contributed by atoms with E-state index in [9.17, 15) is 9.59 Å². The number of hydrogen-bond donors (Lipinski definition) is 0. The van der Waals surface area contributed by atoms with Crippen molar-refractivity contribution in [1.82, 2.24) is 0 Å². The second-order valence-corrected chi connectivity index (χ2v) is 4.30. The fourth-order valence-electron chi connectivity index (χ4n) is 1.01. The van der Waals surface area contributed by atoms with Gasteiger partial charge >= 0.3 is 11.9 Å². The minimum absolute atomic E-state index is 0.218. The van der Waals surface area contributed by atoms with Gasteiger partial charge in [-0.3, -0.25) is 4.79 Å². The van der Waals surface area contributed by atoms with Gasteiger partial charge in [-0.15, -0.1) is 0 Å². The van der Waals surface area contributed by atoms with E-state index in [1.54, 1.807) is 6.92 Å². The maximum atomic E-state index is 11.4. The summed E-state index contributed by atoms with van der Waals surface area (Å²) in [7, 11) is 0. The molecule has 15 heavy (non-hydrogen) atoms. The first-order valence-corrected chi connectivity index (χ1v) is 5.18. The van der Waals surface area contributed by atoms with Gasteiger partial charge in [-0.05, 0) is 26.7 Å². The van der Waals surface area contributed by atoms with Crippen LogP contribution in [-0.4, -0.2) is 24.1 Å². The maximum Gasteiger partial charge on any atom is 0.349 e. The molecule has 0 saturated carbocycles. The maximum absolute atomic E-state index is 11.4. The van der Waals surface area contributed by atoms with Crippen LogP contribution >= 0.6 is 0 Å². The fourth-order valence-corrected chi connectivity index (χ4v) is 1.01. The highest BCUT2D eigenvalue weighted by Gasteiger charge is 2.33. The van der Waals surface area contributed by atoms with Gasteiger partial charge in [-0.2, -0.15) is 0 Å². The minimum atomic E-state index is -1.19. The van der Waals surface area contributed by atoms with Gasteiger partial charge in [0.2, 0.25) is 5.60 Å². The SMILES string of the molecule is CCOC(=O)C(C)(C)OC(=O)CC(C)C. The molecule has 0 unspecified atom stereocenters. The van der Waals surface area contributed by atoms with Crippen LogP contribution in [0.4, 0.5) is 0 Å². The third-order valence-corrected chi connectivity index (χ3v) is 1.71. The lowest BCUT2D eigenvalue weighted by molar-refractivity contribution is -0.178. The Kier molecular flexibility index (Phi) is 5.33. The van der Waals surface area contributed by atoms with Gasteiger partial charge in [0, 0.05) is 6.42 Å². The van der Waals surface area contributed by atoms with Crippen molar-refractivity contribution in [3.05, 3.63) is 0 Å². The number of esters is 2. The molecule has 0 heterocycles. The van der Waals surface area contributed by atoms with Crippen molar-refractivity contribution >= 4 is 11.9 Å². The van der Waals surface area contributed by atoms with E-state index in [1.165, 1.54) is 13.8 Å². The molecule has 0 aliphatic rings. The van der Waals surface area contributed by atoms with E-state index in [2.05, 4.69) is 0 Å². The summed E-state index contributed by atoms with van der Waals surface area (Å²) in [5, 5.41) is 0. The zero-order chi connectivity index (χ0) is 12.1. The molecule has 4 heteroatoms. The molecule has 0 atom stereocenters. The fraction of sp³-hybridized carbons (Fsp3) is 0.818. The topological polar surface area (TPSA) is 52.6 Å². The van der Waals surface area contributed by atoms with Gasteiger partial charge < -0.3 is 9.47 Å². The van der Waals surface area contributed by atoms with Crippen molar-refractivity contribution in [2.75, 3.05) is 6.61 Å². The molecule has 0 spiro atoms. The summed E-state index contributed by atoms with van der Waals surface area (Å²) in [6.45, 7) is 8.89. The standard InChI is InChI=1S/C11H20O4/c1-6-14-10(13)11(4,5)15-9(12)7-8(2)3/h8H,6-7H2,1-5H3. The Labute approximate surface area is 90.9 Å². The van der Waals surface area contributed by atoms with Crippen molar-refractivity contribution in [3.63, 3.8) is 0 Å². The molecule has 0 bridgehead atoms. The highest BCUT2D eigenvalue weighted by atomic mass is 16.6. The molecule has 0 amide bonds. The summed E-state index contributed by atoms with van der Waals surface area (Å²) in [6, 6.07) is 0. The molecule has 0 rings (SSSR count). The zero-order valence-electron chi connectivity index (χ0n) is 10.1. The van der Waals surface area contributed by atoms with Crippen molar-refractivity contribution in [3.8, 4) is 0 Å². The average Bonchev–Trinajstić information content (AvgIpc) is 2.01. The molecular formula is C11H20O4. The van der Waals surface area contributed by atoms with Gasteiger partial charge in [0.25, 0.3) is 0 Å². The van der Waals surface area contributed by atoms with Crippen molar-refractivity contribution < 1.29 is 19.1 Å². The number of rotatable bonds is 5. The molecule has 0 aromatic heterocycles. The van der Waals surface area contributed by atoms with E-state index < -0.39 is 11.6 Å². The van der Waals surface area contributed by atoms with E-state index in [-0.39, 0.29) is 18.5 Å². The Hall–Kier alpha value is -1.06. The van der Waals surface area contributed by atoms with E-state index in [1.807, 2.05) is 13.8 Å². The quantitative estimate of drug-likeness (QED) is 0.659. The highest BCUT2D eigenvalue weighted by Crippen LogP contribution is 2.14. The molecule has 0 saturated heterocycles. The lowest BCUT2D eigenvalue weighted by Crippen LogP contribution is -2.39. The Morgan fingerprint density at radius 3 is 2.20 bits per heavy atom. The Morgan fingerprint density at radius 1 is 1.27 bits per heavy atom. The predicted octanol–water partition coefficient (Wildman–Crippen LogP) is 1.92. The highest BCUT2D eigenvalue weighted by molar-refractivity contribution is 5.82. The summed E-state index contributed by atoms with van der Waals surface area (Å²) in [6.07, 6.45) is 0.308. The summed E-state index contributed by atoms with van der Waals surface area (Å²) in [5.74, 6) is -0.666. The predicted molar refractivity (Wildman–Crippen MR) is 56.3 cm³/mol. The van der Waals surface area contributed by atoms with Gasteiger partial charge in [-0.25, -0.2) is 4.79 Å². The van der Waals surface area contributed by atoms with Gasteiger partial charge in [-0.1, -0.05) is 13.8 Å². The average molecular weight is 216 g/mol. The number of carbonyl (C=O) groups excluding carboxylic acids is 2. The Morgan fingerprint density at radius 2 is 1.80 bits per heavy atom. The van der Waals surface area contributed by atoms with Crippen LogP contribution in [0, 0.1) is 5.92 Å². The molecule has 88 valence electrons. The van der Waals surface area contributed by atoms with Gasteiger partial charge in [0.05, 0.1) is 6.61 Å². The smallest absolute Gasteiger partial charge is 0.349 e. The van der Waals surface area contributed by atoms with Crippen LogP contribution in [0.15, 0.2) is 0 Å². The third kappa shape index (κ3) is 5.40. The van der Waals surface area contributed by atoms with E-state index >= 15 is 0 Å². The first kappa shape index (κ1) is 13.9. The molecule has 0 N–H and O–H groups in total. The van der Waals surface area contributed by atoms with Crippen LogP contribution in [0.1, 0.15) is 41.0 Å². The van der Waals surface area contributed by atoms with Crippen LogP contribution in [0.3, 0.4) is 0 Å². The van der Waals surface area contributed by atoms with Crippen molar-refractivity contribution in [2.45, 2.75) is 46.6 Å². The molecule has 4 nitrogen and oxygen atoms in total. The van der Waals surface area contributed by atoms with Crippen molar-refractivity contribution in [2.24, 2.45) is 5.92 Å². The second kappa shape index (κ2) is 5.73. The molecule has 0 aromatic rings. The van der Waals surface area contributed by atoms with Crippen LogP contribution < -0.4 is 0 Å². The molecule has 0 aliphatic carbocycles. The van der Waals surface area contributed by atoms with E-state index in [0.717, 1.165) is 0 Å². The number of ether oxygens (including phenoxy) is 2. The van der Waals surface area contributed by atoms with E-state index in [0.29, 0.717) is 6.42 Å². The monoisotopic (exact) mass is 216 g/mol. The number of carbonyl (C=O) groups is 2. The Bertz CT molecular complexity index is 231. The number of hydrogen-bond acceptors (Lipinski definition) is 4. The Balaban J connectivity index is 4.24. The third-order valence-electron chi connectivity index (χ3n) is 1.71. The molecule has 0 fully saturated rings. The summed E-state index contributed by atoms with van der Waals surface area (Å²) in [5.41, 5.74) is -1.19. The lowest BCUT2D eigenvalue weighted by atomic mass is 10.1. The molecular weight excluding hydrogens is 196 g/mol. The van der Waals surface area contributed by atoms with E-state index in [4.69, 9.17) is 9.47 Å². The largest absolute Gasteiger partial charge is 0.463 e. The van der Waals surface area contributed by atoms with Crippen LogP contribution in [0.5, 0.6) is 0 Å². The van der Waals surface area contributed by atoms with Crippen LogP contribution in [0.25, 0.3) is 0 Å².